The molecule has 1 heterocycles. The standard InChI is InChI=1S/C14H10BrClN2/c15-10-6-7-13-12(8-10)17-14(9-16)18(13)11-4-2-1-3-5-11/h1-8H,9H2. The van der Waals surface area contributed by atoms with Gasteiger partial charge in [0.15, 0.2) is 0 Å². The van der Waals surface area contributed by atoms with Gasteiger partial charge in [-0.05, 0) is 30.3 Å². The highest BCUT2D eigenvalue weighted by atomic mass is 79.9. The molecule has 0 amide bonds. The number of alkyl halides is 1. The molecule has 0 aliphatic rings. The molecule has 90 valence electrons. The molecule has 0 aliphatic carbocycles. The molecule has 0 saturated heterocycles. The Labute approximate surface area is 118 Å². The molecule has 0 unspecified atom stereocenters. The number of imidazole rings is 1. The van der Waals surface area contributed by atoms with E-state index in [0.29, 0.717) is 5.88 Å². The third-order valence-corrected chi connectivity index (χ3v) is 3.55. The van der Waals surface area contributed by atoms with Crippen molar-refractivity contribution in [3.05, 3.63) is 58.8 Å². The maximum atomic E-state index is 6.00. The predicted octanol–water partition coefficient (Wildman–Crippen LogP) is 4.53. The van der Waals surface area contributed by atoms with Gasteiger partial charge < -0.3 is 0 Å². The van der Waals surface area contributed by atoms with Gasteiger partial charge in [0.05, 0.1) is 16.9 Å². The summed E-state index contributed by atoms with van der Waals surface area (Å²) >= 11 is 9.46. The third kappa shape index (κ3) is 1.93. The van der Waals surface area contributed by atoms with Crippen molar-refractivity contribution in [2.24, 2.45) is 0 Å². The summed E-state index contributed by atoms with van der Waals surface area (Å²) in [5.74, 6) is 1.25. The Hall–Kier alpha value is -1.32. The number of rotatable bonds is 2. The molecule has 3 aromatic rings. The molecule has 4 heteroatoms. The first-order valence-electron chi connectivity index (χ1n) is 5.58. The minimum absolute atomic E-state index is 0.390. The van der Waals surface area contributed by atoms with Gasteiger partial charge >= 0.3 is 0 Å². The summed E-state index contributed by atoms with van der Waals surface area (Å²) < 4.78 is 3.11. The maximum absolute atomic E-state index is 6.00. The Kier molecular flexibility index (Phi) is 3.10. The van der Waals surface area contributed by atoms with E-state index in [9.17, 15) is 0 Å². The van der Waals surface area contributed by atoms with Crippen LogP contribution in [0.1, 0.15) is 5.82 Å². The average molecular weight is 322 g/mol. The minimum atomic E-state index is 0.390. The predicted molar refractivity (Wildman–Crippen MR) is 78.3 cm³/mol. The van der Waals surface area contributed by atoms with Crippen molar-refractivity contribution < 1.29 is 0 Å². The van der Waals surface area contributed by atoms with Crippen molar-refractivity contribution in [3.63, 3.8) is 0 Å². The summed E-state index contributed by atoms with van der Waals surface area (Å²) in [5, 5.41) is 0. The van der Waals surface area contributed by atoms with Crippen molar-refractivity contribution in [2.75, 3.05) is 0 Å². The van der Waals surface area contributed by atoms with E-state index in [4.69, 9.17) is 11.6 Å². The number of hydrogen-bond acceptors (Lipinski definition) is 1. The summed E-state index contributed by atoms with van der Waals surface area (Å²) in [5.41, 5.74) is 3.10. The van der Waals surface area contributed by atoms with Crippen LogP contribution >= 0.6 is 27.5 Å². The summed E-state index contributed by atoms with van der Waals surface area (Å²) in [4.78, 5) is 4.57. The number of fused-ring (bicyclic) bond motifs is 1. The molecule has 0 radical (unpaired) electrons. The van der Waals surface area contributed by atoms with Crippen LogP contribution in [0.3, 0.4) is 0 Å². The molecule has 0 saturated carbocycles. The van der Waals surface area contributed by atoms with Gasteiger partial charge in [0.25, 0.3) is 0 Å². The van der Waals surface area contributed by atoms with Gasteiger partial charge in [0.2, 0.25) is 0 Å². The van der Waals surface area contributed by atoms with Crippen LogP contribution in [0, 0.1) is 0 Å². The van der Waals surface area contributed by atoms with E-state index in [-0.39, 0.29) is 0 Å². The number of para-hydroxylation sites is 1. The van der Waals surface area contributed by atoms with Crippen molar-refractivity contribution in [1.82, 2.24) is 9.55 Å². The second-order valence-electron chi connectivity index (χ2n) is 3.97. The number of benzene rings is 2. The van der Waals surface area contributed by atoms with Crippen LogP contribution < -0.4 is 0 Å². The molecule has 2 aromatic carbocycles. The van der Waals surface area contributed by atoms with E-state index < -0.39 is 0 Å². The van der Waals surface area contributed by atoms with Crippen LogP contribution in [0.5, 0.6) is 0 Å². The van der Waals surface area contributed by atoms with Crippen molar-refractivity contribution in [1.29, 1.82) is 0 Å². The van der Waals surface area contributed by atoms with E-state index in [1.807, 2.05) is 30.3 Å². The lowest BCUT2D eigenvalue weighted by molar-refractivity contribution is 0.982. The highest BCUT2D eigenvalue weighted by Crippen LogP contribution is 2.25. The molecule has 1 aromatic heterocycles. The number of hydrogen-bond donors (Lipinski definition) is 0. The van der Waals surface area contributed by atoms with Crippen LogP contribution in [-0.4, -0.2) is 9.55 Å². The van der Waals surface area contributed by atoms with Crippen LogP contribution in [0.4, 0.5) is 0 Å². The lowest BCUT2D eigenvalue weighted by atomic mass is 10.3. The van der Waals surface area contributed by atoms with Crippen LogP contribution in [-0.2, 0) is 5.88 Å². The zero-order valence-corrected chi connectivity index (χ0v) is 11.8. The van der Waals surface area contributed by atoms with Gasteiger partial charge in [-0.25, -0.2) is 4.98 Å². The summed E-state index contributed by atoms with van der Waals surface area (Å²) in [6, 6.07) is 16.2. The van der Waals surface area contributed by atoms with Gasteiger partial charge in [-0.15, -0.1) is 11.6 Å². The second kappa shape index (κ2) is 4.75. The van der Waals surface area contributed by atoms with Crippen molar-refractivity contribution >= 4 is 38.6 Å². The Morgan fingerprint density at radius 3 is 2.61 bits per heavy atom. The first-order valence-corrected chi connectivity index (χ1v) is 6.90. The molecular weight excluding hydrogens is 312 g/mol. The van der Waals surface area contributed by atoms with Gasteiger partial charge in [0.1, 0.15) is 5.82 Å². The highest BCUT2D eigenvalue weighted by molar-refractivity contribution is 9.10. The minimum Gasteiger partial charge on any atom is -0.295 e. The normalized spacial score (nSPS) is 11.0. The van der Waals surface area contributed by atoms with Crippen LogP contribution in [0.25, 0.3) is 16.7 Å². The lowest BCUT2D eigenvalue weighted by Crippen LogP contribution is -1.98. The zero-order chi connectivity index (χ0) is 12.5. The molecule has 18 heavy (non-hydrogen) atoms. The topological polar surface area (TPSA) is 17.8 Å². The third-order valence-electron chi connectivity index (χ3n) is 2.82. The van der Waals surface area contributed by atoms with Crippen LogP contribution in [0.15, 0.2) is 53.0 Å². The first-order chi connectivity index (χ1) is 8.79. The molecule has 0 fully saturated rings. The quantitative estimate of drug-likeness (QED) is 0.634. The maximum Gasteiger partial charge on any atom is 0.129 e. The molecular formula is C14H10BrClN2. The number of aromatic nitrogens is 2. The van der Waals surface area contributed by atoms with Crippen LogP contribution in [0.2, 0.25) is 0 Å². The molecule has 0 bridgehead atoms. The second-order valence-corrected chi connectivity index (χ2v) is 5.15. The number of nitrogens with zero attached hydrogens (tertiary/aromatic N) is 2. The Morgan fingerprint density at radius 2 is 1.89 bits per heavy atom. The van der Waals surface area contributed by atoms with E-state index in [1.54, 1.807) is 0 Å². The molecule has 0 spiro atoms. The summed E-state index contributed by atoms with van der Waals surface area (Å²) in [6.45, 7) is 0. The monoisotopic (exact) mass is 320 g/mol. The fourth-order valence-corrected chi connectivity index (χ4v) is 2.59. The van der Waals surface area contributed by atoms with Crippen molar-refractivity contribution in [2.45, 2.75) is 5.88 Å². The molecule has 3 rings (SSSR count). The highest BCUT2D eigenvalue weighted by Gasteiger charge is 2.11. The SMILES string of the molecule is ClCc1nc2cc(Br)ccc2n1-c1ccccc1. The Bertz CT molecular complexity index is 692. The largest absolute Gasteiger partial charge is 0.295 e. The fourth-order valence-electron chi connectivity index (χ4n) is 2.06. The molecule has 0 aliphatic heterocycles. The molecule has 0 atom stereocenters. The summed E-state index contributed by atoms with van der Waals surface area (Å²) in [6.07, 6.45) is 0. The van der Waals surface area contributed by atoms with E-state index in [2.05, 4.69) is 43.7 Å². The van der Waals surface area contributed by atoms with Crippen molar-refractivity contribution in [3.8, 4) is 5.69 Å². The van der Waals surface area contributed by atoms with E-state index in [0.717, 1.165) is 27.0 Å². The lowest BCUT2D eigenvalue weighted by Gasteiger charge is -2.07. The average Bonchev–Trinajstić information content (AvgIpc) is 2.77. The smallest absolute Gasteiger partial charge is 0.129 e. The fraction of sp³-hybridized carbons (Fsp3) is 0.0714. The van der Waals surface area contributed by atoms with Gasteiger partial charge in [0, 0.05) is 10.2 Å². The van der Waals surface area contributed by atoms with E-state index >= 15 is 0 Å². The zero-order valence-electron chi connectivity index (χ0n) is 9.48. The Morgan fingerprint density at radius 1 is 1.11 bits per heavy atom. The number of halogens is 2. The first kappa shape index (κ1) is 11.8. The Balaban J connectivity index is 2.33. The van der Waals surface area contributed by atoms with Gasteiger partial charge in [-0.1, -0.05) is 34.1 Å². The molecule has 0 N–H and O–H groups in total. The molecule has 2 nitrogen and oxygen atoms in total. The summed E-state index contributed by atoms with van der Waals surface area (Å²) in [7, 11) is 0. The van der Waals surface area contributed by atoms with Gasteiger partial charge in [-0.3, -0.25) is 4.57 Å². The van der Waals surface area contributed by atoms with Gasteiger partial charge in [-0.2, -0.15) is 0 Å². The van der Waals surface area contributed by atoms with E-state index in [1.165, 1.54) is 0 Å².